The Kier molecular flexibility index (Phi) is 5.14. The van der Waals surface area contributed by atoms with E-state index in [2.05, 4.69) is 5.43 Å². The molecule has 0 heterocycles. The minimum atomic E-state index is -0.0696. The van der Waals surface area contributed by atoms with Crippen LogP contribution in [0.3, 0.4) is 0 Å². The second kappa shape index (κ2) is 7.07. The molecular weight excluding hydrogens is 284 g/mol. The first kappa shape index (κ1) is 15.3. The van der Waals surface area contributed by atoms with Gasteiger partial charge < -0.3 is 5.43 Å². The number of hydrogen-bond donors (Lipinski definition) is 1. The summed E-state index contributed by atoms with van der Waals surface area (Å²) in [6.07, 6.45) is 1.60. The number of carbonyl (C=O) groups excluding carboxylic acids is 1. The van der Waals surface area contributed by atoms with Crippen LogP contribution in [-0.4, -0.2) is 24.9 Å². The topological polar surface area (TPSA) is 32.3 Å². The molecule has 0 radical (unpaired) electrons. The van der Waals surface area contributed by atoms with Gasteiger partial charge in [0.05, 0.1) is 5.70 Å². The lowest BCUT2D eigenvalue weighted by atomic mass is 10.1. The van der Waals surface area contributed by atoms with Gasteiger partial charge in [0.25, 0.3) is 0 Å². The standard InChI is InChI=1S/C17H17ClN2O/c1-20(2)19-16(13-6-4-3-5-7-13)12-17(21)14-8-10-15(18)11-9-14/h3-12,19H,1-2H3/b16-12+. The molecule has 0 saturated carbocycles. The van der Waals surface area contributed by atoms with Crippen LogP contribution in [0.1, 0.15) is 15.9 Å². The largest absolute Gasteiger partial charge is 0.319 e. The van der Waals surface area contributed by atoms with Gasteiger partial charge in [-0.3, -0.25) is 4.79 Å². The Hall–Kier alpha value is -2.10. The normalized spacial score (nSPS) is 11.5. The maximum atomic E-state index is 12.3. The molecule has 0 aliphatic heterocycles. The van der Waals surface area contributed by atoms with Gasteiger partial charge in [-0.1, -0.05) is 41.9 Å². The molecule has 0 aliphatic carbocycles. The van der Waals surface area contributed by atoms with Gasteiger partial charge in [0.1, 0.15) is 0 Å². The van der Waals surface area contributed by atoms with Gasteiger partial charge in [0.15, 0.2) is 5.78 Å². The van der Waals surface area contributed by atoms with Gasteiger partial charge >= 0.3 is 0 Å². The summed E-state index contributed by atoms with van der Waals surface area (Å²) in [5.74, 6) is -0.0696. The molecule has 2 rings (SSSR count). The third-order valence-corrected chi connectivity index (χ3v) is 3.08. The molecular formula is C17H17ClN2O. The number of nitrogens with zero attached hydrogens (tertiary/aromatic N) is 1. The number of hydrogen-bond acceptors (Lipinski definition) is 3. The minimum absolute atomic E-state index is 0.0696. The molecule has 0 atom stereocenters. The number of halogens is 1. The Morgan fingerprint density at radius 3 is 2.19 bits per heavy atom. The smallest absolute Gasteiger partial charge is 0.187 e. The Balaban J connectivity index is 2.31. The van der Waals surface area contributed by atoms with Gasteiger partial charge in [-0.15, -0.1) is 0 Å². The van der Waals surface area contributed by atoms with Crippen molar-refractivity contribution >= 4 is 23.1 Å². The number of rotatable bonds is 5. The van der Waals surface area contributed by atoms with Crippen LogP contribution in [0.15, 0.2) is 60.7 Å². The van der Waals surface area contributed by atoms with E-state index in [0.717, 1.165) is 11.3 Å². The third-order valence-electron chi connectivity index (χ3n) is 2.83. The quantitative estimate of drug-likeness (QED) is 0.520. The maximum absolute atomic E-state index is 12.3. The van der Waals surface area contributed by atoms with Crippen LogP contribution >= 0.6 is 11.6 Å². The van der Waals surface area contributed by atoms with E-state index in [4.69, 9.17) is 11.6 Å². The molecule has 0 unspecified atom stereocenters. The zero-order chi connectivity index (χ0) is 15.2. The Morgan fingerprint density at radius 2 is 1.62 bits per heavy atom. The number of allylic oxidation sites excluding steroid dienone is 1. The molecule has 2 aromatic carbocycles. The fourth-order valence-electron chi connectivity index (χ4n) is 1.87. The zero-order valence-electron chi connectivity index (χ0n) is 12.0. The lowest BCUT2D eigenvalue weighted by Crippen LogP contribution is -2.29. The predicted octanol–water partition coefficient (Wildman–Crippen LogP) is 3.63. The highest BCUT2D eigenvalue weighted by atomic mass is 35.5. The van der Waals surface area contributed by atoms with Crippen LogP contribution in [0.5, 0.6) is 0 Å². The summed E-state index contributed by atoms with van der Waals surface area (Å²) < 4.78 is 0. The van der Waals surface area contributed by atoms with Gasteiger partial charge in [-0.25, -0.2) is 5.01 Å². The Labute approximate surface area is 129 Å². The molecule has 0 amide bonds. The van der Waals surface area contributed by atoms with E-state index >= 15 is 0 Å². The van der Waals surface area contributed by atoms with Crippen molar-refractivity contribution in [2.24, 2.45) is 0 Å². The lowest BCUT2D eigenvalue weighted by molar-refractivity contribution is 0.104. The van der Waals surface area contributed by atoms with E-state index in [-0.39, 0.29) is 5.78 Å². The molecule has 21 heavy (non-hydrogen) atoms. The molecule has 108 valence electrons. The summed E-state index contributed by atoms with van der Waals surface area (Å²) in [7, 11) is 3.76. The van der Waals surface area contributed by atoms with Gasteiger partial charge in [-0.2, -0.15) is 0 Å². The van der Waals surface area contributed by atoms with E-state index in [0.29, 0.717) is 10.6 Å². The van der Waals surface area contributed by atoms with Crippen molar-refractivity contribution in [2.45, 2.75) is 0 Å². The summed E-state index contributed by atoms with van der Waals surface area (Å²) >= 11 is 5.84. The van der Waals surface area contributed by atoms with Crippen molar-refractivity contribution < 1.29 is 4.79 Å². The molecule has 2 aromatic rings. The van der Waals surface area contributed by atoms with Gasteiger partial charge in [0.2, 0.25) is 0 Å². The molecule has 0 fully saturated rings. The van der Waals surface area contributed by atoms with Crippen molar-refractivity contribution in [3.05, 3.63) is 76.8 Å². The highest BCUT2D eigenvalue weighted by Crippen LogP contribution is 2.15. The highest BCUT2D eigenvalue weighted by molar-refractivity contribution is 6.30. The van der Waals surface area contributed by atoms with E-state index in [1.54, 1.807) is 35.4 Å². The van der Waals surface area contributed by atoms with Crippen molar-refractivity contribution in [2.75, 3.05) is 14.1 Å². The second-order valence-electron chi connectivity index (χ2n) is 4.80. The second-order valence-corrected chi connectivity index (χ2v) is 5.24. The number of hydrazine groups is 1. The molecule has 0 spiro atoms. The van der Waals surface area contributed by atoms with Crippen LogP contribution in [0.2, 0.25) is 5.02 Å². The van der Waals surface area contributed by atoms with Crippen molar-refractivity contribution in [1.29, 1.82) is 0 Å². The van der Waals surface area contributed by atoms with Crippen LogP contribution in [0, 0.1) is 0 Å². The van der Waals surface area contributed by atoms with Crippen LogP contribution in [0.4, 0.5) is 0 Å². The predicted molar refractivity (Wildman–Crippen MR) is 87.0 cm³/mol. The van der Waals surface area contributed by atoms with Crippen molar-refractivity contribution in [1.82, 2.24) is 10.4 Å². The van der Waals surface area contributed by atoms with E-state index in [1.807, 2.05) is 44.4 Å². The first-order valence-corrected chi connectivity index (χ1v) is 6.95. The highest BCUT2D eigenvalue weighted by Gasteiger charge is 2.07. The summed E-state index contributed by atoms with van der Waals surface area (Å²) in [5.41, 5.74) is 5.46. The number of nitrogens with one attached hydrogen (secondary N) is 1. The van der Waals surface area contributed by atoms with E-state index < -0.39 is 0 Å². The lowest BCUT2D eigenvalue weighted by Gasteiger charge is -2.17. The summed E-state index contributed by atoms with van der Waals surface area (Å²) in [5, 5.41) is 2.42. The summed E-state index contributed by atoms with van der Waals surface area (Å²) in [6.45, 7) is 0. The molecule has 0 aromatic heterocycles. The minimum Gasteiger partial charge on any atom is -0.319 e. The van der Waals surface area contributed by atoms with Crippen molar-refractivity contribution in [3.63, 3.8) is 0 Å². The first-order valence-electron chi connectivity index (χ1n) is 6.57. The molecule has 0 aliphatic rings. The number of ketones is 1. The van der Waals surface area contributed by atoms with Crippen LogP contribution in [0.25, 0.3) is 5.70 Å². The van der Waals surface area contributed by atoms with Gasteiger partial charge in [0, 0.05) is 30.8 Å². The maximum Gasteiger partial charge on any atom is 0.187 e. The van der Waals surface area contributed by atoms with Crippen LogP contribution < -0.4 is 5.43 Å². The summed E-state index contributed by atoms with van der Waals surface area (Å²) in [6, 6.07) is 16.6. The average Bonchev–Trinajstić information content (AvgIpc) is 2.47. The average molecular weight is 301 g/mol. The molecule has 0 bridgehead atoms. The fourth-order valence-corrected chi connectivity index (χ4v) is 1.99. The molecule has 3 nitrogen and oxygen atoms in total. The molecule has 1 N–H and O–H groups in total. The summed E-state index contributed by atoms with van der Waals surface area (Å²) in [4.78, 5) is 12.3. The van der Waals surface area contributed by atoms with E-state index in [1.165, 1.54) is 0 Å². The van der Waals surface area contributed by atoms with E-state index in [9.17, 15) is 4.79 Å². The number of benzene rings is 2. The Bertz CT molecular complexity index is 634. The first-order chi connectivity index (χ1) is 10.1. The van der Waals surface area contributed by atoms with Crippen LogP contribution in [-0.2, 0) is 0 Å². The fraction of sp³-hybridized carbons (Fsp3) is 0.118. The monoisotopic (exact) mass is 300 g/mol. The molecule has 4 heteroatoms. The van der Waals surface area contributed by atoms with Gasteiger partial charge in [-0.05, 0) is 29.8 Å². The third kappa shape index (κ3) is 4.45. The number of carbonyl (C=O) groups is 1. The van der Waals surface area contributed by atoms with Crippen molar-refractivity contribution in [3.8, 4) is 0 Å². The molecule has 0 saturated heterocycles. The SMILES string of the molecule is CN(C)N/C(=C/C(=O)c1ccc(Cl)cc1)c1ccccc1. The Morgan fingerprint density at radius 1 is 1.00 bits per heavy atom. The zero-order valence-corrected chi connectivity index (χ0v) is 12.8.